The normalized spacial score (nSPS) is 10.9. The van der Waals surface area contributed by atoms with E-state index in [0.717, 1.165) is 41.7 Å². The topological polar surface area (TPSA) is 44.0 Å². The highest BCUT2D eigenvalue weighted by Crippen LogP contribution is 2.26. The third-order valence-electron chi connectivity index (χ3n) is 4.45. The number of hydrogen-bond donors (Lipinski definition) is 2. The van der Waals surface area contributed by atoms with Crippen molar-refractivity contribution in [3.05, 3.63) is 64.6 Å². The molecule has 0 radical (unpaired) electrons. The van der Waals surface area contributed by atoms with Crippen molar-refractivity contribution in [1.82, 2.24) is 20.2 Å². The molecule has 3 rings (SSSR count). The number of rotatable bonds is 6. The molecule has 0 aliphatic rings. The number of aromatic amines is 1. The van der Waals surface area contributed by atoms with Crippen LogP contribution in [0.15, 0.2) is 42.7 Å². The fourth-order valence-electron chi connectivity index (χ4n) is 3.15. The summed E-state index contributed by atoms with van der Waals surface area (Å²) in [5, 5.41) is 5.99. The third kappa shape index (κ3) is 4.34. The molecule has 0 saturated heterocycles. The van der Waals surface area contributed by atoms with Crippen molar-refractivity contribution in [1.29, 1.82) is 0 Å². The van der Waals surface area contributed by atoms with Crippen LogP contribution < -0.4 is 5.32 Å². The molecule has 6 heteroatoms. The molecule has 0 aliphatic carbocycles. The highest BCUT2D eigenvalue weighted by molar-refractivity contribution is 7.80. The van der Waals surface area contributed by atoms with Gasteiger partial charge in [-0.1, -0.05) is 11.6 Å². The number of H-pyrrole nitrogens is 1. The van der Waals surface area contributed by atoms with Gasteiger partial charge in [0.25, 0.3) is 0 Å². The van der Waals surface area contributed by atoms with E-state index in [9.17, 15) is 0 Å². The molecule has 4 nitrogen and oxygen atoms in total. The Morgan fingerprint density at radius 1 is 1.27 bits per heavy atom. The zero-order valence-electron chi connectivity index (χ0n) is 15.1. The van der Waals surface area contributed by atoms with E-state index in [1.165, 1.54) is 22.2 Å². The lowest BCUT2D eigenvalue weighted by molar-refractivity contribution is 0.410. The second-order valence-electron chi connectivity index (χ2n) is 6.28. The molecular formula is C20H23ClN4S. The maximum Gasteiger partial charge on any atom is 0.169 e. The highest BCUT2D eigenvalue weighted by atomic mass is 35.5. The number of benzene rings is 1. The Labute approximate surface area is 164 Å². The molecule has 2 aromatic heterocycles. The molecule has 2 N–H and O–H groups in total. The van der Waals surface area contributed by atoms with Gasteiger partial charge in [-0.25, -0.2) is 0 Å². The molecule has 0 spiro atoms. The summed E-state index contributed by atoms with van der Waals surface area (Å²) in [5.74, 6) is 0. The van der Waals surface area contributed by atoms with Crippen molar-refractivity contribution in [2.45, 2.75) is 26.8 Å². The fourth-order valence-corrected chi connectivity index (χ4v) is 3.62. The van der Waals surface area contributed by atoms with E-state index in [0.29, 0.717) is 0 Å². The number of thiocarbonyl (C=S) groups is 1. The second-order valence-corrected chi connectivity index (χ2v) is 7.10. The summed E-state index contributed by atoms with van der Waals surface area (Å²) in [5.41, 5.74) is 4.79. The Balaban J connectivity index is 1.80. The monoisotopic (exact) mass is 386 g/mol. The molecule has 0 fully saturated rings. The van der Waals surface area contributed by atoms with Crippen LogP contribution in [0.2, 0.25) is 5.02 Å². The van der Waals surface area contributed by atoms with Crippen LogP contribution in [0.3, 0.4) is 0 Å². The van der Waals surface area contributed by atoms with Gasteiger partial charge >= 0.3 is 0 Å². The lowest BCUT2D eigenvalue weighted by atomic mass is 10.1. The van der Waals surface area contributed by atoms with Gasteiger partial charge in [-0.2, -0.15) is 0 Å². The van der Waals surface area contributed by atoms with Crippen LogP contribution in [-0.4, -0.2) is 33.1 Å². The molecule has 26 heavy (non-hydrogen) atoms. The number of aryl methyl sites for hydroxylation is 1. The standard InChI is InChI=1S/C20H23ClN4S/c1-3-23-20(26)25(13-15-6-9-22-10-7-15)11-8-17-14(2)24-19-5-4-16(21)12-18(17)19/h4-7,9-10,12,24H,3,8,11,13H2,1-2H3,(H,23,26). The number of hydrogen-bond acceptors (Lipinski definition) is 2. The van der Waals surface area contributed by atoms with E-state index < -0.39 is 0 Å². The lowest BCUT2D eigenvalue weighted by Crippen LogP contribution is -2.40. The first-order valence-electron chi connectivity index (χ1n) is 8.77. The fraction of sp³-hybridized carbons (Fsp3) is 0.300. The van der Waals surface area contributed by atoms with Crippen molar-refractivity contribution in [3.8, 4) is 0 Å². The SMILES string of the molecule is CCNC(=S)N(CCc1c(C)[nH]c2ccc(Cl)cc12)Cc1ccncc1. The summed E-state index contributed by atoms with van der Waals surface area (Å²) in [7, 11) is 0. The van der Waals surface area contributed by atoms with Crippen LogP contribution in [0, 0.1) is 6.92 Å². The van der Waals surface area contributed by atoms with E-state index in [4.69, 9.17) is 23.8 Å². The van der Waals surface area contributed by atoms with Gasteiger partial charge in [0.1, 0.15) is 0 Å². The number of aromatic nitrogens is 2. The molecular weight excluding hydrogens is 364 g/mol. The van der Waals surface area contributed by atoms with E-state index >= 15 is 0 Å². The molecule has 0 amide bonds. The molecule has 0 unspecified atom stereocenters. The summed E-state index contributed by atoms with van der Waals surface area (Å²) >= 11 is 11.8. The van der Waals surface area contributed by atoms with Gasteiger partial charge in [0.15, 0.2) is 5.11 Å². The minimum absolute atomic E-state index is 0.759. The number of nitrogens with zero attached hydrogens (tertiary/aromatic N) is 2. The zero-order chi connectivity index (χ0) is 18.5. The van der Waals surface area contributed by atoms with Crippen molar-refractivity contribution in [3.63, 3.8) is 0 Å². The van der Waals surface area contributed by atoms with Gasteiger partial charge in [0.05, 0.1) is 0 Å². The van der Waals surface area contributed by atoms with Gasteiger partial charge in [-0.05, 0) is 73.9 Å². The van der Waals surface area contributed by atoms with E-state index in [2.05, 4.69) is 34.0 Å². The van der Waals surface area contributed by atoms with Crippen LogP contribution in [0.5, 0.6) is 0 Å². The molecule has 1 aromatic carbocycles. The van der Waals surface area contributed by atoms with Crippen molar-refractivity contribution < 1.29 is 0 Å². The summed E-state index contributed by atoms with van der Waals surface area (Å²) in [4.78, 5) is 9.74. The van der Waals surface area contributed by atoms with Crippen LogP contribution in [-0.2, 0) is 13.0 Å². The third-order valence-corrected chi connectivity index (χ3v) is 5.09. The molecule has 136 valence electrons. The quantitative estimate of drug-likeness (QED) is 0.614. The van der Waals surface area contributed by atoms with Crippen LogP contribution in [0.4, 0.5) is 0 Å². The minimum atomic E-state index is 0.759. The largest absolute Gasteiger partial charge is 0.363 e. The Kier molecular flexibility index (Phi) is 6.12. The van der Waals surface area contributed by atoms with Crippen LogP contribution in [0.25, 0.3) is 10.9 Å². The van der Waals surface area contributed by atoms with E-state index in [-0.39, 0.29) is 0 Å². The number of pyridine rings is 1. The van der Waals surface area contributed by atoms with E-state index in [1.54, 1.807) is 0 Å². The van der Waals surface area contributed by atoms with Crippen molar-refractivity contribution >= 4 is 39.8 Å². The molecule has 0 saturated carbocycles. The Morgan fingerprint density at radius 3 is 2.77 bits per heavy atom. The minimum Gasteiger partial charge on any atom is -0.363 e. The van der Waals surface area contributed by atoms with Gasteiger partial charge in [0, 0.05) is 53.6 Å². The second kappa shape index (κ2) is 8.52. The number of halogens is 1. The predicted octanol–water partition coefficient (Wildman–Crippen LogP) is 4.46. The molecule has 2 heterocycles. The Morgan fingerprint density at radius 2 is 2.04 bits per heavy atom. The molecule has 0 aliphatic heterocycles. The molecule has 0 bridgehead atoms. The number of nitrogens with one attached hydrogen (secondary N) is 2. The van der Waals surface area contributed by atoms with Gasteiger partial charge in [-0.3, -0.25) is 4.98 Å². The maximum atomic E-state index is 6.20. The first-order chi connectivity index (χ1) is 12.6. The smallest absolute Gasteiger partial charge is 0.169 e. The average Bonchev–Trinajstić information content (AvgIpc) is 2.94. The van der Waals surface area contributed by atoms with Crippen LogP contribution >= 0.6 is 23.8 Å². The highest BCUT2D eigenvalue weighted by Gasteiger charge is 2.14. The summed E-state index contributed by atoms with van der Waals surface area (Å²) in [6.07, 6.45) is 4.52. The van der Waals surface area contributed by atoms with Crippen molar-refractivity contribution in [2.75, 3.05) is 13.1 Å². The van der Waals surface area contributed by atoms with E-state index in [1.807, 2.05) is 42.7 Å². The Hall–Kier alpha value is -2.11. The zero-order valence-corrected chi connectivity index (χ0v) is 16.6. The summed E-state index contributed by atoms with van der Waals surface area (Å²) in [6.45, 7) is 6.57. The number of fused-ring (bicyclic) bond motifs is 1. The maximum absolute atomic E-state index is 6.20. The lowest BCUT2D eigenvalue weighted by Gasteiger charge is -2.26. The summed E-state index contributed by atoms with van der Waals surface area (Å²) in [6, 6.07) is 10.0. The molecule has 3 aromatic rings. The molecule has 0 atom stereocenters. The van der Waals surface area contributed by atoms with Gasteiger partial charge < -0.3 is 15.2 Å². The summed E-state index contributed by atoms with van der Waals surface area (Å²) < 4.78 is 0. The average molecular weight is 387 g/mol. The van der Waals surface area contributed by atoms with Gasteiger partial charge in [-0.15, -0.1) is 0 Å². The predicted molar refractivity (Wildman–Crippen MR) is 113 cm³/mol. The Bertz CT molecular complexity index is 891. The van der Waals surface area contributed by atoms with Gasteiger partial charge in [0.2, 0.25) is 0 Å². The van der Waals surface area contributed by atoms with Crippen molar-refractivity contribution in [2.24, 2.45) is 0 Å². The van der Waals surface area contributed by atoms with Crippen LogP contribution in [0.1, 0.15) is 23.7 Å². The first-order valence-corrected chi connectivity index (χ1v) is 9.55. The first kappa shape index (κ1) is 18.7.